The van der Waals surface area contributed by atoms with Gasteiger partial charge in [-0.05, 0) is 30.4 Å². The normalized spacial score (nSPS) is 28.8. The van der Waals surface area contributed by atoms with Crippen molar-refractivity contribution in [3.8, 4) is 0 Å². The second kappa shape index (κ2) is 6.56. The Morgan fingerprint density at radius 1 is 1.32 bits per heavy atom. The van der Waals surface area contributed by atoms with Crippen LogP contribution in [-0.4, -0.2) is 30.2 Å². The second-order valence-electron chi connectivity index (χ2n) is 7.19. The number of halogens is 1. The molecule has 6 heteroatoms. The van der Waals surface area contributed by atoms with Crippen molar-refractivity contribution in [2.45, 2.75) is 43.9 Å². The molecule has 132 valence electrons. The summed E-state index contributed by atoms with van der Waals surface area (Å²) in [4.78, 5) is 12.3. The van der Waals surface area contributed by atoms with Crippen molar-refractivity contribution in [1.29, 1.82) is 5.41 Å². The Morgan fingerprint density at radius 3 is 2.60 bits per heavy atom. The molecule has 3 atom stereocenters. The molecular formula is C19H22ClN3O2. The van der Waals surface area contributed by atoms with Crippen LogP contribution in [0.5, 0.6) is 0 Å². The van der Waals surface area contributed by atoms with Gasteiger partial charge in [-0.2, -0.15) is 0 Å². The van der Waals surface area contributed by atoms with E-state index in [1.165, 1.54) is 0 Å². The van der Waals surface area contributed by atoms with Gasteiger partial charge in [0.15, 0.2) is 5.78 Å². The molecule has 5 nitrogen and oxygen atoms in total. The number of nitrogens with one attached hydrogen (secondary N) is 2. The molecule has 4 N–H and O–H groups in total. The molecule has 3 fully saturated rings. The Balaban J connectivity index is 1.40. The van der Waals surface area contributed by atoms with Crippen LogP contribution in [0.2, 0.25) is 0 Å². The summed E-state index contributed by atoms with van der Waals surface area (Å²) in [6.45, 7) is 0.939. The number of ketones is 1. The third-order valence-electron chi connectivity index (χ3n) is 5.27. The van der Waals surface area contributed by atoms with Crippen molar-refractivity contribution in [3.63, 3.8) is 0 Å². The number of hydrogen-bond acceptors (Lipinski definition) is 5. The molecule has 1 saturated carbocycles. The van der Waals surface area contributed by atoms with Gasteiger partial charge in [0.05, 0.1) is 17.2 Å². The third-order valence-corrected chi connectivity index (χ3v) is 5.68. The number of carbonyl (C=O) groups is 1. The predicted molar refractivity (Wildman–Crippen MR) is 96.7 cm³/mol. The van der Waals surface area contributed by atoms with E-state index in [4.69, 9.17) is 27.5 Å². The van der Waals surface area contributed by atoms with E-state index in [-0.39, 0.29) is 35.0 Å². The van der Waals surface area contributed by atoms with Gasteiger partial charge in [0.2, 0.25) is 0 Å². The van der Waals surface area contributed by atoms with Gasteiger partial charge >= 0.3 is 0 Å². The fraction of sp³-hybridized carbons (Fsp3) is 0.474. The van der Waals surface area contributed by atoms with Crippen LogP contribution in [0.25, 0.3) is 0 Å². The van der Waals surface area contributed by atoms with Crippen LogP contribution < -0.4 is 11.1 Å². The molecule has 0 unspecified atom stereocenters. The standard InChI is InChI=1S/C19H22ClN3O2/c20-16(17(21)11-5-6-11)18(22)15(24)7-10-1-3-12(4-2-10)19-14-8-13(25-19)9-23-14/h1-4,11,13-14,19,22-23H,5-9,21H2/t13-,14-,19+/m0/s1. The Kier molecular flexibility index (Phi) is 4.40. The van der Waals surface area contributed by atoms with E-state index >= 15 is 0 Å². The number of rotatable bonds is 6. The molecule has 1 aromatic carbocycles. The Bertz CT molecular complexity index is 740. The monoisotopic (exact) mass is 359 g/mol. The van der Waals surface area contributed by atoms with Gasteiger partial charge in [-0.25, -0.2) is 0 Å². The third kappa shape index (κ3) is 3.36. The Morgan fingerprint density at radius 2 is 2.04 bits per heavy atom. The summed E-state index contributed by atoms with van der Waals surface area (Å²) in [5.41, 5.74) is 8.20. The molecule has 0 aromatic heterocycles. The lowest BCUT2D eigenvalue weighted by atomic mass is 9.99. The summed E-state index contributed by atoms with van der Waals surface area (Å²) in [5, 5.41) is 11.6. The van der Waals surface area contributed by atoms with Crippen molar-refractivity contribution in [1.82, 2.24) is 5.32 Å². The van der Waals surface area contributed by atoms with Crippen LogP contribution in [-0.2, 0) is 16.0 Å². The molecule has 0 radical (unpaired) electrons. The number of hydrogen-bond donors (Lipinski definition) is 3. The van der Waals surface area contributed by atoms with Crippen molar-refractivity contribution in [3.05, 3.63) is 46.1 Å². The molecule has 2 heterocycles. The minimum absolute atomic E-state index is 0.0949. The van der Waals surface area contributed by atoms with Crippen molar-refractivity contribution in [2.24, 2.45) is 11.7 Å². The highest BCUT2D eigenvalue weighted by Gasteiger charge is 2.41. The fourth-order valence-electron chi connectivity index (χ4n) is 3.62. The molecule has 3 aliphatic rings. The topological polar surface area (TPSA) is 88.2 Å². The van der Waals surface area contributed by atoms with E-state index < -0.39 is 0 Å². The SMILES string of the molecule is N=C(C(=O)Cc1ccc([C@H]2O[C@@H]3CN[C@H]2C3)cc1)C(Cl)=C(N)C1CC1. The van der Waals surface area contributed by atoms with Gasteiger partial charge in [-0.3, -0.25) is 10.2 Å². The molecule has 2 aliphatic heterocycles. The summed E-state index contributed by atoms with van der Waals surface area (Å²) < 4.78 is 5.99. The molecular weight excluding hydrogens is 338 g/mol. The number of carbonyl (C=O) groups excluding carboxylic acids is 1. The van der Waals surface area contributed by atoms with E-state index in [1.807, 2.05) is 24.3 Å². The largest absolute Gasteiger partial charge is 0.401 e. The second-order valence-corrected chi connectivity index (χ2v) is 7.57. The lowest BCUT2D eigenvalue weighted by Crippen LogP contribution is -2.33. The summed E-state index contributed by atoms with van der Waals surface area (Å²) >= 11 is 6.11. The fourth-order valence-corrected chi connectivity index (χ4v) is 3.88. The molecule has 2 saturated heterocycles. The van der Waals surface area contributed by atoms with Crippen LogP contribution in [0.3, 0.4) is 0 Å². The first-order valence-electron chi connectivity index (χ1n) is 8.78. The van der Waals surface area contributed by atoms with Crippen LogP contribution >= 0.6 is 11.6 Å². The summed E-state index contributed by atoms with van der Waals surface area (Å²) in [6.07, 6.45) is 3.62. The lowest BCUT2D eigenvalue weighted by Gasteiger charge is -2.23. The van der Waals surface area contributed by atoms with E-state index in [0.717, 1.165) is 36.9 Å². The molecule has 2 bridgehead atoms. The first-order chi connectivity index (χ1) is 12.0. The highest BCUT2D eigenvalue weighted by Crippen LogP contribution is 2.37. The summed E-state index contributed by atoms with van der Waals surface area (Å²) in [7, 11) is 0. The molecule has 1 aromatic rings. The summed E-state index contributed by atoms with van der Waals surface area (Å²) in [6, 6.07) is 8.26. The maximum atomic E-state index is 12.3. The van der Waals surface area contributed by atoms with Gasteiger partial charge in [0.1, 0.15) is 5.71 Å². The number of fused-ring (bicyclic) bond motifs is 2. The highest BCUT2D eigenvalue weighted by molar-refractivity contribution is 6.59. The van der Waals surface area contributed by atoms with Gasteiger partial charge in [0, 0.05) is 30.6 Å². The molecule has 0 spiro atoms. The number of ether oxygens (including phenoxy) is 1. The van der Waals surface area contributed by atoms with Gasteiger partial charge in [0.25, 0.3) is 0 Å². The van der Waals surface area contributed by atoms with Crippen LogP contribution in [0.1, 0.15) is 36.5 Å². The molecule has 25 heavy (non-hydrogen) atoms. The van der Waals surface area contributed by atoms with E-state index in [9.17, 15) is 4.79 Å². The van der Waals surface area contributed by atoms with Crippen molar-refractivity contribution >= 4 is 23.1 Å². The maximum Gasteiger partial charge on any atom is 0.186 e. The smallest absolute Gasteiger partial charge is 0.186 e. The molecule has 0 amide bonds. The van der Waals surface area contributed by atoms with Crippen LogP contribution in [0.15, 0.2) is 35.0 Å². The minimum Gasteiger partial charge on any atom is -0.401 e. The van der Waals surface area contributed by atoms with Gasteiger partial charge < -0.3 is 15.8 Å². The number of nitrogens with two attached hydrogens (primary N) is 1. The van der Waals surface area contributed by atoms with E-state index in [0.29, 0.717) is 17.8 Å². The average Bonchev–Trinajstić information content (AvgIpc) is 3.27. The zero-order valence-electron chi connectivity index (χ0n) is 13.9. The Labute approximate surface area is 152 Å². The number of allylic oxidation sites excluding steroid dienone is 2. The van der Waals surface area contributed by atoms with Crippen molar-refractivity contribution < 1.29 is 9.53 Å². The van der Waals surface area contributed by atoms with Crippen molar-refractivity contribution in [2.75, 3.05) is 6.54 Å². The van der Waals surface area contributed by atoms with E-state index in [1.54, 1.807) is 0 Å². The number of morpholine rings is 1. The number of Topliss-reactive ketones (excluding diaryl/α,β-unsaturated/α-hetero) is 1. The molecule has 4 rings (SSSR count). The zero-order valence-corrected chi connectivity index (χ0v) is 14.7. The van der Waals surface area contributed by atoms with Gasteiger partial charge in [-0.15, -0.1) is 0 Å². The predicted octanol–water partition coefficient (Wildman–Crippen LogP) is 2.44. The van der Waals surface area contributed by atoms with Crippen LogP contribution in [0.4, 0.5) is 0 Å². The lowest BCUT2D eigenvalue weighted by molar-refractivity contribution is -0.112. The minimum atomic E-state index is -0.306. The first kappa shape index (κ1) is 16.8. The summed E-state index contributed by atoms with van der Waals surface area (Å²) in [5.74, 6) is -0.0607. The maximum absolute atomic E-state index is 12.3. The van der Waals surface area contributed by atoms with Gasteiger partial charge in [-0.1, -0.05) is 35.9 Å². The van der Waals surface area contributed by atoms with Crippen LogP contribution in [0, 0.1) is 11.3 Å². The highest BCUT2D eigenvalue weighted by atomic mass is 35.5. The quantitative estimate of drug-likeness (QED) is 0.681. The van der Waals surface area contributed by atoms with E-state index in [2.05, 4.69) is 5.32 Å². The first-order valence-corrected chi connectivity index (χ1v) is 9.15. The molecule has 1 aliphatic carbocycles. The Hall–Kier alpha value is -1.69. The average molecular weight is 360 g/mol. The number of benzene rings is 1. The zero-order chi connectivity index (χ0) is 17.6.